The van der Waals surface area contributed by atoms with Gasteiger partial charge in [0.2, 0.25) is 0 Å². The highest BCUT2D eigenvalue weighted by molar-refractivity contribution is 8.00. The van der Waals surface area contributed by atoms with Gasteiger partial charge in [0.05, 0.1) is 5.56 Å². The van der Waals surface area contributed by atoms with Gasteiger partial charge in [0.25, 0.3) is 0 Å². The van der Waals surface area contributed by atoms with Crippen molar-refractivity contribution < 1.29 is 9.47 Å². The van der Waals surface area contributed by atoms with Gasteiger partial charge in [-0.25, -0.2) is 0 Å². The summed E-state index contributed by atoms with van der Waals surface area (Å²) in [6, 6.07) is 14.1. The van der Waals surface area contributed by atoms with Crippen LogP contribution in [0.5, 0.6) is 11.5 Å². The fourth-order valence-electron chi connectivity index (χ4n) is 2.09. The molecule has 0 unspecified atom stereocenters. The molecule has 0 aliphatic carbocycles. The Morgan fingerprint density at radius 2 is 1.81 bits per heavy atom. The number of rotatable bonds is 3. The van der Waals surface area contributed by atoms with Crippen LogP contribution in [0.4, 0.5) is 0 Å². The van der Waals surface area contributed by atoms with E-state index in [-0.39, 0.29) is 0 Å². The summed E-state index contributed by atoms with van der Waals surface area (Å²) in [5, 5.41) is 9.38. The highest BCUT2D eigenvalue weighted by Crippen LogP contribution is 2.39. The highest BCUT2D eigenvalue weighted by atomic mass is 32.2. The molecule has 21 heavy (non-hydrogen) atoms. The summed E-state index contributed by atoms with van der Waals surface area (Å²) in [6.45, 7) is 1.17. The van der Waals surface area contributed by atoms with Gasteiger partial charge in [-0.15, -0.1) is 11.8 Å². The molecule has 5 heteroatoms. The Bertz CT molecular complexity index is 710. The van der Waals surface area contributed by atoms with Crippen LogP contribution in [0, 0.1) is 11.3 Å². The van der Waals surface area contributed by atoms with E-state index in [2.05, 4.69) is 6.07 Å². The molecule has 0 atom stereocenters. The zero-order valence-corrected chi connectivity index (χ0v) is 13.1. The van der Waals surface area contributed by atoms with Gasteiger partial charge in [0, 0.05) is 14.7 Å². The molecule has 0 amide bonds. The number of nitrogens with zero attached hydrogens (tertiary/aromatic N) is 1. The molecule has 0 spiro atoms. The average molecular weight is 315 g/mol. The molecule has 106 valence electrons. The Hall–Kier alpha value is -1.77. The first kappa shape index (κ1) is 14.2. The van der Waals surface area contributed by atoms with E-state index < -0.39 is 0 Å². The third-order valence-electron chi connectivity index (χ3n) is 3.06. The zero-order chi connectivity index (χ0) is 14.7. The molecule has 2 aromatic rings. The standard InChI is InChI=1S/C16H13NO2S2/c1-20-15-3-2-4-16(12(15)10-17)21-11-5-6-13-14(9-11)19-8-7-18-13/h2-6,9H,7-8H2,1H3. The molecule has 0 saturated heterocycles. The van der Waals surface area contributed by atoms with Crippen molar-refractivity contribution in [2.24, 2.45) is 0 Å². The van der Waals surface area contributed by atoms with E-state index in [9.17, 15) is 5.26 Å². The van der Waals surface area contributed by atoms with E-state index in [0.29, 0.717) is 13.2 Å². The second-order valence-electron chi connectivity index (χ2n) is 4.35. The molecule has 1 aliphatic heterocycles. The van der Waals surface area contributed by atoms with Crippen molar-refractivity contribution in [2.75, 3.05) is 19.5 Å². The van der Waals surface area contributed by atoms with E-state index >= 15 is 0 Å². The topological polar surface area (TPSA) is 42.2 Å². The van der Waals surface area contributed by atoms with Crippen LogP contribution in [0.1, 0.15) is 5.56 Å². The maximum absolute atomic E-state index is 9.38. The summed E-state index contributed by atoms with van der Waals surface area (Å²) < 4.78 is 11.1. The number of hydrogen-bond donors (Lipinski definition) is 0. The number of hydrogen-bond acceptors (Lipinski definition) is 5. The van der Waals surface area contributed by atoms with Gasteiger partial charge in [-0.2, -0.15) is 5.26 Å². The molecule has 0 bridgehead atoms. The van der Waals surface area contributed by atoms with Gasteiger partial charge >= 0.3 is 0 Å². The molecule has 0 radical (unpaired) electrons. The lowest BCUT2D eigenvalue weighted by atomic mass is 10.2. The first-order valence-corrected chi connectivity index (χ1v) is 8.50. The van der Waals surface area contributed by atoms with Crippen LogP contribution >= 0.6 is 23.5 Å². The van der Waals surface area contributed by atoms with Gasteiger partial charge in [-0.3, -0.25) is 0 Å². The predicted molar refractivity (Wildman–Crippen MR) is 84.5 cm³/mol. The van der Waals surface area contributed by atoms with Crippen LogP contribution in [0.3, 0.4) is 0 Å². The number of ether oxygens (including phenoxy) is 2. The largest absolute Gasteiger partial charge is 0.486 e. The Kier molecular flexibility index (Phi) is 4.28. The van der Waals surface area contributed by atoms with Crippen molar-refractivity contribution >= 4 is 23.5 Å². The molecule has 0 N–H and O–H groups in total. The van der Waals surface area contributed by atoms with Gasteiger partial charge in [-0.05, 0) is 36.6 Å². The summed E-state index contributed by atoms with van der Waals surface area (Å²) in [6.07, 6.45) is 1.98. The van der Waals surface area contributed by atoms with Crippen molar-refractivity contribution in [1.29, 1.82) is 5.26 Å². The molecule has 1 aliphatic rings. The lowest BCUT2D eigenvalue weighted by molar-refractivity contribution is 0.171. The number of benzene rings is 2. The predicted octanol–water partition coefficient (Wildman–Crippen LogP) is 4.20. The minimum atomic E-state index is 0.576. The summed E-state index contributed by atoms with van der Waals surface area (Å²) in [5.41, 5.74) is 0.727. The molecule has 3 rings (SSSR count). The third kappa shape index (κ3) is 2.97. The molecule has 1 heterocycles. The minimum absolute atomic E-state index is 0.576. The SMILES string of the molecule is CSc1cccc(Sc2ccc3c(c2)OCCO3)c1C#N. The second kappa shape index (κ2) is 6.33. The molecule has 0 fully saturated rings. The first-order chi connectivity index (χ1) is 10.3. The van der Waals surface area contributed by atoms with E-state index in [4.69, 9.17) is 9.47 Å². The second-order valence-corrected chi connectivity index (χ2v) is 6.32. The van der Waals surface area contributed by atoms with Crippen molar-refractivity contribution in [1.82, 2.24) is 0 Å². The molecule has 0 saturated carbocycles. The Morgan fingerprint density at radius 1 is 1.05 bits per heavy atom. The fourth-order valence-corrected chi connectivity index (χ4v) is 3.69. The van der Waals surface area contributed by atoms with Crippen molar-refractivity contribution in [3.8, 4) is 17.6 Å². The quantitative estimate of drug-likeness (QED) is 0.794. The van der Waals surface area contributed by atoms with Crippen molar-refractivity contribution in [3.63, 3.8) is 0 Å². The monoisotopic (exact) mass is 315 g/mol. The Labute approximate surface area is 132 Å². The summed E-state index contributed by atoms with van der Waals surface area (Å²) >= 11 is 3.16. The molecular weight excluding hydrogens is 302 g/mol. The fraction of sp³-hybridized carbons (Fsp3) is 0.188. The molecular formula is C16H13NO2S2. The van der Waals surface area contributed by atoms with Gasteiger partial charge in [0.15, 0.2) is 11.5 Å². The smallest absolute Gasteiger partial charge is 0.162 e. The first-order valence-electron chi connectivity index (χ1n) is 6.46. The maximum Gasteiger partial charge on any atom is 0.162 e. The van der Waals surface area contributed by atoms with Crippen LogP contribution in [-0.4, -0.2) is 19.5 Å². The van der Waals surface area contributed by atoms with Crippen molar-refractivity contribution in [2.45, 2.75) is 14.7 Å². The minimum Gasteiger partial charge on any atom is -0.486 e. The number of fused-ring (bicyclic) bond motifs is 1. The summed E-state index contributed by atoms with van der Waals surface area (Å²) in [5.74, 6) is 1.55. The molecule has 0 aromatic heterocycles. The number of nitriles is 1. The van der Waals surface area contributed by atoms with Crippen LogP contribution in [0.2, 0.25) is 0 Å². The van der Waals surface area contributed by atoms with Crippen LogP contribution in [-0.2, 0) is 0 Å². The van der Waals surface area contributed by atoms with Gasteiger partial charge < -0.3 is 9.47 Å². The number of thioether (sulfide) groups is 1. The van der Waals surface area contributed by atoms with Crippen LogP contribution in [0.25, 0.3) is 0 Å². The lowest BCUT2D eigenvalue weighted by Crippen LogP contribution is -2.15. The normalized spacial score (nSPS) is 12.8. The van der Waals surface area contributed by atoms with Gasteiger partial charge in [0.1, 0.15) is 19.3 Å². The maximum atomic E-state index is 9.38. The summed E-state index contributed by atoms with van der Waals surface area (Å²) in [4.78, 5) is 3.00. The van der Waals surface area contributed by atoms with Crippen molar-refractivity contribution in [3.05, 3.63) is 42.0 Å². The van der Waals surface area contributed by atoms with E-state index in [0.717, 1.165) is 31.7 Å². The van der Waals surface area contributed by atoms with Gasteiger partial charge in [-0.1, -0.05) is 17.8 Å². The van der Waals surface area contributed by atoms with Crippen LogP contribution < -0.4 is 9.47 Å². The molecule has 3 nitrogen and oxygen atoms in total. The lowest BCUT2D eigenvalue weighted by Gasteiger charge is -2.18. The van der Waals surface area contributed by atoms with E-state index in [1.807, 2.05) is 42.7 Å². The highest BCUT2D eigenvalue weighted by Gasteiger charge is 2.14. The Morgan fingerprint density at radius 3 is 2.57 bits per heavy atom. The average Bonchev–Trinajstić information content (AvgIpc) is 2.54. The third-order valence-corrected chi connectivity index (χ3v) is 4.89. The molecule has 2 aromatic carbocycles. The Balaban J connectivity index is 1.92. The zero-order valence-electron chi connectivity index (χ0n) is 11.5. The summed E-state index contributed by atoms with van der Waals surface area (Å²) in [7, 11) is 0. The van der Waals surface area contributed by atoms with E-state index in [1.165, 1.54) is 0 Å². The van der Waals surface area contributed by atoms with Crippen LogP contribution in [0.15, 0.2) is 51.1 Å². The van der Waals surface area contributed by atoms with E-state index in [1.54, 1.807) is 23.5 Å².